The van der Waals surface area contributed by atoms with E-state index in [1.54, 1.807) is 23.3 Å². The summed E-state index contributed by atoms with van der Waals surface area (Å²) in [5.74, 6) is 0. The van der Waals surface area contributed by atoms with E-state index < -0.39 is 0 Å². The average molecular weight is 465 g/mol. The molecule has 130 valence electrons. The molecule has 0 amide bonds. The minimum Gasteiger partial charge on any atom is -1.00 e. The maximum absolute atomic E-state index is 3.36. The number of hydrogen-bond acceptors (Lipinski definition) is 0. The molecule has 2 aromatic carbocycles. The molecule has 0 saturated heterocycles. The average Bonchev–Trinajstić information content (AvgIpc) is 3.17. The van der Waals surface area contributed by atoms with Crippen LogP contribution in [0.5, 0.6) is 0 Å². The Morgan fingerprint density at radius 2 is 1.76 bits per heavy atom. The minimum absolute atomic E-state index is 0. The number of aryl methyl sites for hydroxylation is 1. The summed E-state index contributed by atoms with van der Waals surface area (Å²) in [4.78, 5) is 0. The molecular formula is C21H22Cl2SiZr-2. The van der Waals surface area contributed by atoms with Crippen LogP contribution in [-0.2, 0) is 29.8 Å². The van der Waals surface area contributed by atoms with Gasteiger partial charge in [0.15, 0.2) is 0 Å². The van der Waals surface area contributed by atoms with Crippen LogP contribution in [0.2, 0.25) is 13.1 Å². The maximum Gasteiger partial charge on any atom is -0.0253 e. The van der Waals surface area contributed by atoms with Crippen molar-refractivity contribution in [3.63, 3.8) is 0 Å². The Bertz CT molecular complexity index is 737. The summed E-state index contributed by atoms with van der Waals surface area (Å²) in [6.45, 7) is 6.74. The zero-order valence-corrected chi connectivity index (χ0v) is 19.8. The van der Waals surface area contributed by atoms with Gasteiger partial charge in [-0.25, -0.2) is 12.2 Å². The fraction of sp³-hybridized carbons (Fsp3) is 0.238. The first-order chi connectivity index (χ1) is 11.1. The van der Waals surface area contributed by atoms with Crippen LogP contribution >= 0.6 is 0 Å². The summed E-state index contributed by atoms with van der Waals surface area (Å²) in [6.07, 6.45) is 11.0. The fourth-order valence-corrected chi connectivity index (χ4v) is 2.49. The topological polar surface area (TPSA) is 0 Å². The van der Waals surface area contributed by atoms with Crippen LogP contribution in [0.3, 0.4) is 0 Å². The third-order valence-electron chi connectivity index (χ3n) is 3.43. The number of halogens is 2. The molecule has 0 nitrogen and oxygen atoms in total. The normalized spacial score (nSPS) is 11.6. The zero-order chi connectivity index (χ0) is 16.7. The monoisotopic (exact) mass is 462 g/mol. The van der Waals surface area contributed by atoms with Gasteiger partial charge in [0, 0.05) is 0 Å². The molecule has 0 bridgehead atoms. The molecule has 0 saturated carbocycles. The SMILES string of the molecule is C[Si](C)=[Zr+2].Cc1c[c-]c2c(c1)-c1ccccc1C2.[C-]1=CC=CC1.[Cl-].[Cl-]. The molecule has 4 rings (SSSR count). The third kappa shape index (κ3) is 8.22. The molecule has 0 heterocycles. The van der Waals surface area contributed by atoms with E-state index in [4.69, 9.17) is 0 Å². The standard InChI is InChI=1S/C14H11.C5H5.C2H6Si.2ClH.Zr/c1-10-6-7-12-9-11-4-2-3-5-13(11)14(12)8-10;1-2-4-5-3-1;1-3-2;;;/h2-6,8H,9H2,1H3;1-3H,4H2;1-2H3;2*1H;/q2*-1;;;;+2/p-2. The molecule has 0 N–H and O–H groups in total. The molecule has 0 aliphatic heterocycles. The molecule has 0 unspecified atom stereocenters. The smallest absolute Gasteiger partial charge is 0.0253 e. The summed E-state index contributed by atoms with van der Waals surface area (Å²) >= 11 is 1.74. The largest absolute Gasteiger partial charge is 1.00 e. The van der Waals surface area contributed by atoms with Crippen molar-refractivity contribution < 1.29 is 48.1 Å². The minimum atomic E-state index is 0. The Labute approximate surface area is 180 Å². The second-order valence-corrected chi connectivity index (χ2v) is 15.3. The van der Waals surface area contributed by atoms with Crippen LogP contribution in [0.15, 0.2) is 54.6 Å². The van der Waals surface area contributed by atoms with Crippen LogP contribution in [0, 0.1) is 19.1 Å². The van der Waals surface area contributed by atoms with Gasteiger partial charge in [0.05, 0.1) is 0 Å². The zero-order valence-electron chi connectivity index (χ0n) is 14.9. The van der Waals surface area contributed by atoms with E-state index in [9.17, 15) is 0 Å². The number of fused-ring (bicyclic) bond motifs is 3. The van der Waals surface area contributed by atoms with Crippen LogP contribution < -0.4 is 24.8 Å². The van der Waals surface area contributed by atoms with Gasteiger partial charge in [-0.3, -0.25) is 6.08 Å². The van der Waals surface area contributed by atoms with Gasteiger partial charge in [0.1, 0.15) is 0 Å². The molecule has 25 heavy (non-hydrogen) atoms. The van der Waals surface area contributed by atoms with E-state index >= 15 is 0 Å². The first-order valence-corrected chi connectivity index (χ1v) is 14.1. The van der Waals surface area contributed by atoms with Crippen molar-refractivity contribution in [3.8, 4) is 11.1 Å². The fourth-order valence-electron chi connectivity index (χ4n) is 2.49. The maximum atomic E-state index is 3.36. The molecule has 2 aromatic rings. The van der Waals surface area contributed by atoms with Gasteiger partial charge >= 0.3 is 41.9 Å². The van der Waals surface area contributed by atoms with Gasteiger partial charge in [0.25, 0.3) is 0 Å². The number of allylic oxidation sites excluding steroid dienone is 4. The Balaban J connectivity index is 0.000000443. The number of hydrogen-bond donors (Lipinski definition) is 0. The van der Waals surface area contributed by atoms with Gasteiger partial charge in [-0.15, -0.1) is 12.0 Å². The Kier molecular flexibility index (Phi) is 12.7. The Hall–Kier alpha value is -0.400. The van der Waals surface area contributed by atoms with Gasteiger partial charge < -0.3 is 24.8 Å². The molecule has 0 atom stereocenters. The van der Waals surface area contributed by atoms with Crippen LogP contribution in [-0.4, -0.2) is 5.43 Å². The molecule has 4 heteroatoms. The van der Waals surface area contributed by atoms with Crippen molar-refractivity contribution in [2.24, 2.45) is 0 Å². The van der Waals surface area contributed by atoms with Gasteiger partial charge in [-0.2, -0.15) is 35.4 Å². The van der Waals surface area contributed by atoms with Gasteiger partial charge in [-0.05, 0) is 6.42 Å². The summed E-state index contributed by atoms with van der Waals surface area (Å²) in [5.41, 5.74) is 7.05. The summed E-state index contributed by atoms with van der Waals surface area (Å²) in [7, 11) is 0. The first kappa shape index (κ1) is 24.6. The Morgan fingerprint density at radius 1 is 1.08 bits per heavy atom. The van der Waals surface area contributed by atoms with Gasteiger partial charge in [0.2, 0.25) is 0 Å². The predicted molar refractivity (Wildman–Crippen MR) is 97.3 cm³/mol. The van der Waals surface area contributed by atoms with Crippen LogP contribution in [0.1, 0.15) is 23.1 Å². The van der Waals surface area contributed by atoms with Gasteiger partial charge in [-0.1, -0.05) is 42.3 Å². The van der Waals surface area contributed by atoms with E-state index in [2.05, 4.69) is 74.6 Å². The van der Waals surface area contributed by atoms with E-state index in [0.717, 1.165) is 12.8 Å². The first-order valence-electron chi connectivity index (χ1n) is 7.91. The second-order valence-electron chi connectivity index (χ2n) is 5.91. The third-order valence-corrected chi connectivity index (χ3v) is 3.43. The van der Waals surface area contributed by atoms with Crippen molar-refractivity contribution in [2.75, 3.05) is 0 Å². The summed E-state index contributed by atoms with van der Waals surface area (Å²) < 4.78 is 0. The molecule has 0 fully saturated rings. The van der Waals surface area contributed by atoms with E-state index in [1.807, 2.05) is 12.2 Å². The number of rotatable bonds is 0. The predicted octanol–water partition coefficient (Wildman–Crippen LogP) is -0.536. The second kappa shape index (κ2) is 12.9. The van der Waals surface area contributed by atoms with E-state index in [1.165, 1.54) is 27.8 Å². The Morgan fingerprint density at radius 3 is 2.32 bits per heavy atom. The van der Waals surface area contributed by atoms with Crippen molar-refractivity contribution in [1.82, 2.24) is 0 Å². The molecule has 0 spiro atoms. The van der Waals surface area contributed by atoms with E-state index in [-0.39, 0.29) is 30.2 Å². The van der Waals surface area contributed by atoms with Crippen molar-refractivity contribution in [2.45, 2.75) is 32.9 Å². The van der Waals surface area contributed by atoms with Crippen LogP contribution in [0.4, 0.5) is 0 Å². The molecule has 0 aromatic heterocycles. The molecular weight excluding hydrogens is 442 g/mol. The van der Waals surface area contributed by atoms with Crippen molar-refractivity contribution >= 4 is 5.43 Å². The van der Waals surface area contributed by atoms with Crippen molar-refractivity contribution in [3.05, 3.63) is 83.5 Å². The summed E-state index contributed by atoms with van der Waals surface area (Å²) in [5, 5.41) is 0. The molecule has 2 aliphatic rings. The van der Waals surface area contributed by atoms with Crippen molar-refractivity contribution in [1.29, 1.82) is 0 Å². The molecule has 0 radical (unpaired) electrons. The molecule has 2 aliphatic carbocycles. The quantitative estimate of drug-likeness (QED) is 0.310. The van der Waals surface area contributed by atoms with E-state index in [0.29, 0.717) is 0 Å². The number of benzene rings is 2. The van der Waals surface area contributed by atoms with Crippen LogP contribution in [0.25, 0.3) is 11.1 Å². The summed E-state index contributed by atoms with van der Waals surface area (Å²) in [6, 6.07) is 16.3.